The summed E-state index contributed by atoms with van der Waals surface area (Å²) in [5, 5.41) is 2.99. The van der Waals surface area contributed by atoms with E-state index in [-0.39, 0.29) is 6.03 Å². The number of hydrogen-bond acceptors (Lipinski definition) is 2. The molecule has 0 spiro atoms. The molecule has 0 bridgehead atoms. The molecule has 1 aromatic carbocycles. The van der Waals surface area contributed by atoms with Crippen LogP contribution in [0, 0.1) is 11.8 Å². The fourth-order valence-electron chi connectivity index (χ4n) is 2.25. The monoisotopic (exact) mass is 292 g/mol. The highest BCUT2D eigenvalue weighted by molar-refractivity contribution is 5.74. The zero-order valence-corrected chi connectivity index (χ0v) is 13.8. The highest BCUT2D eigenvalue weighted by Crippen LogP contribution is 2.16. The van der Waals surface area contributed by atoms with Gasteiger partial charge in [0.1, 0.15) is 5.75 Å². The smallest absolute Gasteiger partial charge is 0.317 e. The molecular weight excluding hydrogens is 264 g/mol. The molecule has 2 amide bonds. The van der Waals surface area contributed by atoms with Gasteiger partial charge in [0, 0.05) is 25.2 Å². The Kier molecular flexibility index (Phi) is 7.06. The first-order chi connectivity index (χ1) is 9.93. The van der Waals surface area contributed by atoms with E-state index in [2.05, 4.69) is 33.0 Å². The van der Waals surface area contributed by atoms with Gasteiger partial charge < -0.3 is 15.0 Å². The van der Waals surface area contributed by atoms with Crippen LogP contribution in [0.1, 0.15) is 33.3 Å². The maximum Gasteiger partial charge on any atom is 0.317 e. The third-order valence-electron chi connectivity index (χ3n) is 3.08. The number of nitrogens with zero attached hydrogens (tertiary/aromatic N) is 1. The Morgan fingerprint density at radius 2 is 1.71 bits per heavy atom. The van der Waals surface area contributed by atoms with E-state index in [1.165, 1.54) is 0 Å². The van der Waals surface area contributed by atoms with E-state index in [9.17, 15) is 4.79 Å². The molecule has 0 radical (unpaired) electrons. The zero-order valence-electron chi connectivity index (χ0n) is 13.8. The Labute approximate surface area is 128 Å². The maximum atomic E-state index is 12.4. The molecule has 118 valence electrons. The molecule has 0 saturated heterocycles. The van der Waals surface area contributed by atoms with Crippen molar-refractivity contribution in [2.24, 2.45) is 11.8 Å². The topological polar surface area (TPSA) is 41.6 Å². The molecule has 0 atom stereocenters. The highest BCUT2D eigenvalue weighted by atomic mass is 16.5. The van der Waals surface area contributed by atoms with Crippen LogP contribution in [0.25, 0.3) is 0 Å². The van der Waals surface area contributed by atoms with Gasteiger partial charge >= 0.3 is 6.03 Å². The predicted molar refractivity (Wildman–Crippen MR) is 86.5 cm³/mol. The Morgan fingerprint density at radius 1 is 1.14 bits per heavy atom. The minimum atomic E-state index is -0.0108. The lowest BCUT2D eigenvalue weighted by molar-refractivity contribution is 0.182. The largest absolute Gasteiger partial charge is 0.496 e. The van der Waals surface area contributed by atoms with Crippen molar-refractivity contribution in [3.63, 3.8) is 0 Å². The molecule has 0 aliphatic carbocycles. The van der Waals surface area contributed by atoms with E-state index >= 15 is 0 Å². The highest BCUT2D eigenvalue weighted by Gasteiger charge is 2.16. The van der Waals surface area contributed by atoms with E-state index < -0.39 is 0 Å². The maximum absolute atomic E-state index is 12.4. The molecule has 0 unspecified atom stereocenters. The first-order valence-electron chi connectivity index (χ1n) is 7.58. The third-order valence-corrected chi connectivity index (χ3v) is 3.08. The summed E-state index contributed by atoms with van der Waals surface area (Å²) in [5.41, 5.74) is 0.988. The van der Waals surface area contributed by atoms with Crippen LogP contribution >= 0.6 is 0 Å². The second-order valence-corrected chi connectivity index (χ2v) is 6.16. The lowest BCUT2D eigenvalue weighted by atomic mass is 10.1. The van der Waals surface area contributed by atoms with Crippen LogP contribution in [0.4, 0.5) is 4.79 Å². The molecule has 21 heavy (non-hydrogen) atoms. The number of hydrogen-bond donors (Lipinski definition) is 1. The van der Waals surface area contributed by atoms with Crippen molar-refractivity contribution in [2.45, 2.75) is 34.2 Å². The summed E-state index contributed by atoms with van der Waals surface area (Å²) in [6.45, 7) is 10.5. The zero-order chi connectivity index (χ0) is 15.8. The summed E-state index contributed by atoms with van der Waals surface area (Å²) in [5.74, 6) is 1.72. The van der Waals surface area contributed by atoms with Crippen molar-refractivity contribution in [2.75, 3.05) is 20.2 Å². The van der Waals surface area contributed by atoms with E-state index in [1.54, 1.807) is 7.11 Å². The Balaban J connectivity index is 2.64. The fraction of sp³-hybridized carbons (Fsp3) is 0.588. The van der Waals surface area contributed by atoms with Crippen molar-refractivity contribution in [3.05, 3.63) is 29.8 Å². The first kappa shape index (κ1) is 17.3. The molecule has 1 N–H and O–H groups in total. The van der Waals surface area contributed by atoms with Gasteiger partial charge in [-0.15, -0.1) is 0 Å². The summed E-state index contributed by atoms with van der Waals surface area (Å²) in [4.78, 5) is 14.3. The number of methoxy groups -OCH3 is 1. The van der Waals surface area contributed by atoms with Gasteiger partial charge in [-0.05, 0) is 17.9 Å². The average molecular weight is 292 g/mol. The standard InChI is InChI=1S/C17H28N2O2/c1-13(2)11-19(12-14(3)4)17(20)18-10-15-8-6-7-9-16(15)21-5/h6-9,13-14H,10-12H2,1-5H3,(H,18,20). The van der Waals surface area contributed by atoms with Crippen LogP contribution < -0.4 is 10.1 Å². The molecule has 4 nitrogen and oxygen atoms in total. The molecule has 1 aromatic rings. The molecule has 1 rings (SSSR count). The van der Waals surface area contributed by atoms with E-state index in [1.807, 2.05) is 29.2 Å². The summed E-state index contributed by atoms with van der Waals surface area (Å²) < 4.78 is 5.30. The second-order valence-electron chi connectivity index (χ2n) is 6.16. The van der Waals surface area contributed by atoms with E-state index in [0.29, 0.717) is 18.4 Å². The second kappa shape index (κ2) is 8.55. The lowest BCUT2D eigenvalue weighted by Gasteiger charge is -2.26. The van der Waals surface area contributed by atoms with Gasteiger partial charge in [-0.1, -0.05) is 45.9 Å². The molecule has 0 aliphatic rings. The van der Waals surface area contributed by atoms with E-state index in [4.69, 9.17) is 4.74 Å². The van der Waals surface area contributed by atoms with Crippen LogP contribution in [-0.2, 0) is 6.54 Å². The SMILES string of the molecule is COc1ccccc1CNC(=O)N(CC(C)C)CC(C)C. The van der Waals surface area contributed by atoms with Crippen molar-refractivity contribution in [1.29, 1.82) is 0 Å². The number of para-hydroxylation sites is 1. The number of amides is 2. The minimum Gasteiger partial charge on any atom is -0.496 e. The van der Waals surface area contributed by atoms with Gasteiger partial charge in [-0.3, -0.25) is 0 Å². The fourth-order valence-corrected chi connectivity index (χ4v) is 2.25. The van der Waals surface area contributed by atoms with Gasteiger partial charge in [0.15, 0.2) is 0 Å². The quantitative estimate of drug-likeness (QED) is 0.835. The first-order valence-corrected chi connectivity index (χ1v) is 7.58. The van der Waals surface area contributed by atoms with Crippen molar-refractivity contribution < 1.29 is 9.53 Å². The third kappa shape index (κ3) is 6.06. The minimum absolute atomic E-state index is 0.0108. The number of carbonyl (C=O) groups excluding carboxylic acids is 1. The van der Waals surface area contributed by atoms with Crippen LogP contribution in [0.15, 0.2) is 24.3 Å². The normalized spacial score (nSPS) is 10.8. The van der Waals surface area contributed by atoms with Crippen LogP contribution in [0.5, 0.6) is 5.75 Å². The van der Waals surface area contributed by atoms with Crippen LogP contribution in [0.3, 0.4) is 0 Å². The molecule has 4 heteroatoms. The number of ether oxygens (including phenoxy) is 1. The number of nitrogens with one attached hydrogen (secondary N) is 1. The molecule has 0 heterocycles. The summed E-state index contributed by atoms with van der Waals surface area (Å²) in [6.07, 6.45) is 0. The molecule has 0 aliphatic heterocycles. The summed E-state index contributed by atoms with van der Waals surface area (Å²) in [7, 11) is 1.64. The Bertz CT molecular complexity index is 434. The van der Waals surface area contributed by atoms with Crippen LogP contribution in [0.2, 0.25) is 0 Å². The van der Waals surface area contributed by atoms with Gasteiger partial charge in [-0.2, -0.15) is 0 Å². The van der Waals surface area contributed by atoms with E-state index in [0.717, 1.165) is 24.4 Å². The summed E-state index contributed by atoms with van der Waals surface area (Å²) in [6, 6.07) is 7.73. The van der Waals surface area contributed by atoms with Crippen molar-refractivity contribution in [3.8, 4) is 5.75 Å². The average Bonchev–Trinajstić information content (AvgIpc) is 2.43. The molecule has 0 fully saturated rings. The van der Waals surface area contributed by atoms with Gasteiger partial charge in [0.2, 0.25) is 0 Å². The van der Waals surface area contributed by atoms with Gasteiger partial charge in [0.05, 0.1) is 7.11 Å². The predicted octanol–water partition coefficient (Wildman–Crippen LogP) is 3.52. The number of carbonyl (C=O) groups is 1. The van der Waals surface area contributed by atoms with Gasteiger partial charge in [-0.25, -0.2) is 4.79 Å². The number of rotatable bonds is 7. The summed E-state index contributed by atoms with van der Waals surface area (Å²) >= 11 is 0. The number of benzene rings is 1. The molecular formula is C17H28N2O2. The van der Waals surface area contributed by atoms with Gasteiger partial charge in [0.25, 0.3) is 0 Å². The number of urea groups is 1. The molecule has 0 saturated carbocycles. The van der Waals surface area contributed by atoms with Crippen molar-refractivity contribution >= 4 is 6.03 Å². The Morgan fingerprint density at radius 3 is 2.24 bits per heavy atom. The van der Waals surface area contributed by atoms with Crippen LogP contribution in [-0.4, -0.2) is 31.1 Å². The Hall–Kier alpha value is -1.71. The lowest BCUT2D eigenvalue weighted by Crippen LogP contribution is -2.43. The van der Waals surface area contributed by atoms with Crippen molar-refractivity contribution in [1.82, 2.24) is 10.2 Å². The molecule has 0 aromatic heterocycles.